The molecule has 0 aliphatic heterocycles. The molecule has 0 aliphatic carbocycles. The molecule has 1 amide bonds. The van der Waals surface area contributed by atoms with Crippen LogP contribution in [0.2, 0.25) is 0 Å². The molecule has 0 saturated carbocycles. The number of tetrazole rings is 1. The third kappa shape index (κ3) is 3.68. The van der Waals surface area contributed by atoms with Crippen LogP contribution in [-0.2, 0) is 11.2 Å². The van der Waals surface area contributed by atoms with E-state index in [1.807, 2.05) is 56.3 Å². The highest BCUT2D eigenvalue weighted by molar-refractivity contribution is 5.80. The van der Waals surface area contributed by atoms with Gasteiger partial charge in [-0.25, -0.2) is 4.68 Å². The molecule has 1 aromatic carbocycles. The fourth-order valence-electron chi connectivity index (χ4n) is 2.52. The zero-order chi connectivity index (χ0) is 16.9. The Labute approximate surface area is 139 Å². The van der Waals surface area contributed by atoms with E-state index in [1.165, 1.54) is 11.0 Å². The zero-order valence-corrected chi connectivity index (χ0v) is 13.6. The third-order valence-corrected chi connectivity index (χ3v) is 3.81. The molecule has 0 aliphatic rings. The fraction of sp³-hybridized carbons (Fsp3) is 0.294. The smallest absolute Gasteiger partial charge is 0.245 e. The van der Waals surface area contributed by atoms with Crippen molar-refractivity contribution in [3.63, 3.8) is 0 Å². The van der Waals surface area contributed by atoms with E-state index in [0.717, 1.165) is 17.1 Å². The van der Waals surface area contributed by atoms with E-state index in [0.29, 0.717) is 6.42 Å². The van der Waals surface area contributed by atoms with Gasteiger partial charge in [0.1, 0.15) is 23.9 Å². The van der Waals surface area contributed by atoms with Gasteiger partial charge in [-0.3, -0.25) is 4.79 Å². The Morgan fingerprint density at radius 2 is 2.04 bits per heavy atom. The van der Waals surface area contributed by atoms with Gasteiger partial charge in [-0.05, 0) is 42.0 Å². The van der Waals surface area contributed by atoms with Gasteiger partial charge in [0.2, 0.25) is 5.91 Å². The molecular formula is C17H19N5O2. The van der Waals surface area contributed by atoms with Crippen molar-refractivity contribution in [1.82, 2.24) is 25.5 Å². The van der Waals surface area contributed by atoms with E-state index in [4.69, 9.17) is 4.42 Å². The van der Waals surface area contributed by atoms with E-state index >= 15 is 0 Å². The second kappa shape index (κ2) is 7.08. The van der Waals surface area contributed by atoms with Crippen molar-refractivity contribution < 1.29 is 9.21 Å². The molecule has 2 aromatic heterocycles. The van der Waals surface area contributed by atoms with Crippen LogP contribution in [0, 0.1) is 6.92 Å². The second-order valence-electron chi connectivity index (χ2n) is 5.67. The largest absolute Gasteiger partial charge is 0.464 e. The van der Waals surface area contributed by atoms with Gasteiger partial charge in [0.05, 0.1) is 6.04 Å². The van der Waals surface area contributed by atoms with Crippen molar-refractivity contribution in [2.75, 3.05) is 0 Å². The first-order valence-corrected chi connectivity index (χ1v) is 7.76. The maximum absolute atomic E-state index is 12.8. The van der Waals surface area contributed by atoms with Gasteiger partial charge in [0, 0.05) is 6.42 Å². The number of amides is 1. The lowest BCUT2D eigenvalue weighted by Crippen LogP contribution is -2.35. The minimum absolute atomic E-state index is 0.160. The number of aromatic nitrogens is 4. The molecule has 0 saturated heterocycles. The predicted molar refractivity (Wildman–Crippen MR) is 87.0 cm³/mol. The number of benzene rings is 1. The topological polar surface area (TPSA) is 85.8 Å². The maximum Gasteiger partial charge on any atom is 0.245 e. The van der Waals surface area contributed by atoms with Crippen molar-refractivity contribution in [2.24, 2.45) is 0 Å². The summed E-state index contributed by atoms with van der Waals surface area (Å²) in [6.45, 7) is 3.76. The number of carbonyl (C=O) groups is 1. The van der Waals surface area contributed by atoms with Crippen molar-refractivity contribution in [3.05, 3.63) is 65.9 Å². The number of furan rings is 1. The highest BCUT2D eigenvalue weighted by atomic mass is 16.3. The number of rotatable bonds is 6. The molecule has 0 bridgehead atoms. The monoisotopic (exact) mass is 325 g/mol. The Kier molecular flexibility index (Phi) is 4.69. The number of hydrogen-bond acceptors (Lipinski definition) is 5. The van der Waals surface area contributed by atoms with Gasteiger partial charge in [-0.15, -0.1) is 5.10 Å². The summed E-state index contributed by atoms with van der Waals surface area (Å²) in [5.74, 6) is 1.37. The lowest BCUT2D eigenvalue weighted by molar-refractivity contribution is -0.125. The highest BCUT2D eigenvalue weighted by Crippen LogP contribution is 2.18. The van der Waals surface area contributed by atoms with Gasteiger partial charge in [-0.2, -0.15) is 0 Å². The van der Waals surface area contributed by atoms with Crippen LogP contribution < -0.4 is 5.32 Å². The van der Waals surface area contributed by atoms with Crippen LogP contribution in [0.4, 0.5) is 0 Å². The van der Waals surface area contributed by atoms with Gasteiger partial charge in [0.25, 0.3) is 0 Å². The molecular weight excluding hydrogens is 306 g/mol. The lowest BCUT2D eigenvalue weighted by Gasteiger charge is -2.19. The molecule has 0 fully saturated rings. The standard InChI is InChI=1S/C17H19N5O2/c1-12-8-9-16(24-12)13(2)19-17(23)15(22-11-18-20-21-22)10-14-6-4-3-5-7-14/h3-9,11,13,15H,10H2,1-2H3,(H,19,23). The summed E-state index contributed by atoms with van der Waals surface area (Å²) in [6, 6.07) is 12.8. The Balaban J connectivity index is 1.76. The van der Waals surface area contributed by atoms with E-state index in [9.17, 15) is 4.79 Å². The van der Waals surface area contributed by atoms with Gasteiger partial charge in [-0.1, -0.05) is 30.3 Å². The van der Waals surface area contributed by atoms with Crippen LogP contribution >= 0.6 is 0 Å². The summed E-state index contributed by atoms with van der Waals surface area (Å²) in [6.07, 6.45) is 1.95. The van der Waals surface area contributed by atoms with E-state index in [-0.39, 0.29) is 11.9 Å². The summed E-state index contributed by atoms with van der Waals surface area (Å²) in [5.41, 5.74) is 1.04. The van der Waals surface area contributed by atoms with E-state index in [2.05, 4.69) is 20.8 Å². The average Bonchev–Trinajstić information content (AvgIpc) is 3.25. The molecule has 0 spiro atoms. The summed E-state index contributed by atoms with van der Waals surface area (Å²) < 4.78 is 7.05. The molecule has 2 heterocycles. The molecule has 24 heavy (non-hydrogen) atoms. The van der Waals surface area contributed by atoms with Crippen LogP contribution in [0.1, 0.15) is 36.1 Å². The summed E-state index contributed by atoms with van der Waals surface area (Å²) >= 11 is 0. The Bertz CT molecular complexity index is 782. The van der Waals surface area contributed by atoms with Gasteiger partial charge in [0.15, 0.2) is 0 Å². The minimum Gasteiger partial charge on any atom is -0.464 e. The van der Waals surface area contributed by atoms with Crippen molar-refractivity contribution >= 4 is 5.91 Å². The molecule has 1 N–H and O–H groups in total. The fourth-order valence-corrected chi connectivity index (χ4v) is 2.52. The Morgan fingerprint density at radius 3 is 2.67 bits per heavy atom. The summed E-state index contributed by atoms with van der Waals surface area (Å²) in [4.78, 5) is 12.8. The summed E-state index contributed by atoms with van der Waals surface area (Å²) in [7, 11) is 0. The average molecular weight is 325 g/mol. The molecule has 3 aromatic rings. The van der Waals surface area contributed by atoms with Crippen molar-refractivity contribution in [2.45, 2.75) is 32.4 Å². The maximum atomic E-state index is 12.8. The van der Waals surface area contributed by atoms with Crippen LogP contribution in [0.5, 0.6) is 0 Å². The molecule has 7 heteroatoms. The third-order valence-electron chi connectivity index (χ3n) is 3.81. The quantitative estimate of drug-likeness (QED) is 0.751. The van der Waals surface area contributed by atoms with Crippen LogP contribution in [0.3, 0.4) is 0 Å². The van der Waals surface area contributed by atoms with Crippen LogP contribution in [-0.4, -0.2) is 26.1 Å². The number of nitrogens with zero attached hydrogens (tertiary/aromatic N) is 4. The molecule has 2 atom stereocenters. The first kappa shape index (κ1) is 15.9. The summed E-state index contributed by atoms with van der Waals surface area (Å²) in [5, 5.41) is 14.1. The van der Waals surface area contributed by atoms with Crippen LogP contribution in [0.15, 0.2) is 53.2 Å². The van der Waals surface area contributed by atoms with E-state index in [1.54, 1.807) is 0 Å². The van der Waals surface area contributed by atoms with E-state index < -0.39 is 6.04 Å². The Hall–Kier alpha value is -2.96. The second-order valence-corrected chi connectivity index (χ2v) is 5.67. The van der Waals surface area contributed by atoms with Gasteiger partial charge < -0.3 is 9.73 Å². The minimum atomic E-state index is -0.527. The number of nitrogens with one attached hydrogen (secondary N) is 1. The lowest BCUT2D eigenvalue weighted by atomic mass is 10.1. The highest BCUT2D eigenvalue weighted by Gasteiger charge is 2.24. The normalized spacial score (nSPS) is 13.4. The Morgan fingerprint density at radius 1 is 1.25 bits per heavy atom. The molecule has 124 valence electrons. The number of aryl methyl sites for hydroxylation is 1. The van der Waals surface area contributed by atoms with Crippen molar-refractivity contribution in [3.8, 4) is 0 Å². The predicted octanol–water partition coefficient (Wildman–Crippen LogP) is 2.24. The molecule has 7 nitrogen and oxygen atoms in total. The molecule has 0 radical (unpaired) electrons. The zero-order valence-electron chi connectivity index (χ0n) is 13.6. The molecule has 3 rings (SSSR count). The van der Waals surface area contributed by atoms with Crippen molar-refractivity contribution in [1.29, 1.82) is 0 Å². The van der Waals surface area contributed by atoms with Crippen LogP contribution in [0.25, 0.3) is 0 Å². The first-order valence-electron chi connectivity index (χ1n) is 7.76. The number of hydrogen-bond donors (Lipinski definition) is 1. The number of carbonyl (C=O) groups excluding carboxylic acids is 1. The SMILES string of the molecule is Cc1ccc(C(C)NC(=O)C(Cc2ccccc2)n2cnnn2)o1. The molecule has 2 unspecified atom stereocenters. The van der Waals surface area contributed by atoms with Gasteiger partial charge >= 0.3 is 0 Å². The first-order chi connectivity index (χ1) is 11.6.